The minimum atomic E-state index is -4.38. The zero-order chi connectivity index (χ0) is 24.2. The summed E-state index contributed by atoms with van der Waals surface area (Å²) in [7, 11) is -2.62. The summed E-state index contributed by atoms with van der Waals surface area (Å²) in [5, 5.41) is 5.84. The van der Waals surface area contributed by atoms with Gasteiger partial charge in [-0.1, -0.05) is 38.1 Å². The lowest BCUT2D eigenvalue weighted by atomic mass is 9.92. The van der Waals surface area contributed by atoms with Crippen LogP contribution in [0.4, 0.5) is 10.1 Å². The molecule has 3 aromatic rings. The molecule has 7 nitrogen and oxygen atoms in total. The van der Waals surface area contributed by atoms with Gasteiger partial charge in [0.2, 0.25) is 5.91 Å². The SMILES string of the molecule is CCC(CC)(c1ccc(NC(=O)C=Cc2nn(C)cc2-c2ccc(F)cc2)cc1)P(=O)(O)O. The smallest absolute Gasteiger partial charge is 0.324 e. The minimum absolute atomic E-state index is 0.294. The second-order valence-corrected chi connectivity index (χ2v) is 9.74. The highest BCUT2D eigenvalue weighted by Crippen LogP contribution is 2.60. The Kier molecular flexibility index (Phi) is 7.32. The fraction of sp³-hybridized carbons (Fsp3) is 0.250. The van der Waals surface area contributed by atoms with E-state index in [9.17, 15) is 23.5 Å². The van der Waals surface area contributed by atoms with Gasteiger partial charge in [-0.25, -0.2) is 4.39 Å². The molecule has 0 aliphatic rings. The van der Waals surface area contributed by atoms with Crippen LogP contribution in [0.3, 0.4) is 0 Å². The maximum Gasteiger partial charge on any atom is 0.335 e. The first-order chi connectivity index (χ1) is 15.6. The number of nitrogens with one attached hydrogen (secondary N) is 1. The van der Waals surface area contributed by atoms with Crippen LogP contribution in [0.25, 0.3) is 17.2 Å². The number of carbonyl (C=O) groups is 1. The average molecular weight is 471 g/mol. The molecule has 0 aliphatic carbocycles. The molecule has 0 aliphatic heterocycles. The molecular formula is C24H27FN3O4P. The summed E-state index contributed by atoms with van der Waals surface area (Å²) < 4.78 is 27.0. The average Bonchev–Trinajstić information content (AvgIpc) is 3.14. The number of aryl methyl sites for hydroxylation is 1. The molecule has 0 fully saturated rings. The van der Waals surface area contributed by atoms with E-state index in [1.54, 1.807) is 74.2 Å². The van der Waals surface area contributed by atoms with E-state index in [1.807, 2.05) is 0 Å². The molecule has 0 saturated carbocycles. The molecule has 0 bridgehead atoms. The lowest BCUT2D eigenvalue weighted by Gasteiger charge is -2.33. The Bertz CT molecular complexity index is 1190. The van der Waals surface area contributed by atoms with Gasteiger partial charge in [0.1, 0.15) is 5.82 Å². The zero-order valence-electron chi connectivity index (χ0n) is 18.7. The monoisotopic (exact) mass is 471 g/mol. The van der Waals surface area contributed by atoms with Crippen LogP contribution in [0.2, 0.25) is 0 Å². The van der Waals surface area contributed by atoms with Crippen LogP contribution >= 0.6 is 7.60 Å². The van der Waals surface area contributed by atoms with Crippen molar-refractivity contribution in [1.29, 1.82) is 0 Å². The van der Waals surface area contributed by atoms with Gasteiger partial charge in [-0.2, -0.15) is 5.10 Å². The second-order valence-electron chi connectivity index (χ2n) is 7.79. The van der Waals surface area contributed by atoms with Crippen LogP contribution < -0.4 is 5.32 Å². The first kappa shape index (κ1) is 24.6. The van der Waals surface area contributed by atoms with Crippen molar-refractivity contribution in [2.45, 2.75) is 31.8 Å². The van der Waals surface area contributed by atoms with Crippen LogP contribution in [-0.4, -0.2) is 25.5 Å². The number of benzene rings is 2. The normalized spacial score (nSPS) is 12.3. The number of rotatable bonds is 8. The van der Waals surface area contributed by atoms with Crippen molar-refractivity contribution in [3.8, 4) is 11.1 Å². The molecule has 0 spiro atoms. The highest BCUT2D eigenvalue weighted by atomic mass is 31.2. The molecule has 0 atom stereocenters. The topological polar surface area (TPSA) is 104 Å². The minimum Gasteiger partial charge on any atom is -0.324 e. The van der Waals surface area contributed by atoms with Gasteiger partial charge in [0.15, 0.2) is 0 Å². The van der Waals surface area contributed by atoms with Crippen molar-refractivity contribution in [2.75, 3.05) is 5.32 Å². The third-order valence-electron chi connectivity index (χ3n) is 5.82. The first-order valence-electron chi connectivity index (χ1n) is 10.5. The molecule has 174 valence electrons. The number of anilines is 1. The zero-order valence-corrected chi connectivity index (χ0v) is 19.6. The van der Waals surface area contributed by atoms with E-state index in [0.29, 0.717) is 29.8 Å². The number of amides is 1. The summed E-state index contributed by atoms with van der Waals surface area (Å²) in [6.07, 6.45) is 5.31. The molecule has 0 saturated heterocycles. The van der Waals surface area contributed by atoms with Crippen LogP contribution in [-0.2, 0) is 21.6 Å². The third-order valence-corrected chi connectivity index (χ3v) is 7.83. The molecule has 9 heteroatoms. The van der Waals surface area contributed by atoms with Crippen LogP contribution in [0, 0.1) is 5.82 Å². The highest BCUT2D eigenvalue weighted by molar-refractivity contribution is 7.53. The Balaban J connectivity index is 1.76. The maximum atomic E-state index is 13.2. The van der Waals surface area contributed by atoms with Gasteiger partial charge < -0.3 is 15.1 Å². The Labute approximate surface area is 192 Å². The van der Waals surface area contributed by atoms with Crippen molar-refractivity contribution < 1.29 is 23.5 Å². The largest absolute Gasteiger partial charge is 0.335 e. The summed E-state index contributed by atoms with van der Waals surface area (Å²) in [6.45, 7) is 3.50. The fourth-order valence-electron chi connectivity index (χ4n) is 3.92. The molecule has 0 unspecified atom stereocenters. The molecule has 3 rings (SSSR count). The van der Waals surface area contributed by atoms with E-state index >= 15 is 0 Å². The lowest BCUT2D eigenvalue weighted by molar-refractivity contribution is -0.111. The van der Waals surface area contributed by atoms with Gasteiger partial charge in [0.05, 0.1) is 10.9 Å². The van der Waals surface area contributed by atoms with E-state index < -0.39 is 12.8 Å². The van der Waals surface area contributed by atoms with Gasteiger partial charge in [0, 0.05) is 30.6 Å². The molecule has 3 N–H and O–H groups in total. The Morgan fingerprint density at radius 3 is 2.27 bits per heavy atom. The van der Waals surface area contributed by atoms with Crippen LogP contribution in [0.5, 0.6) is 0 Å². The van der Waals surface area contributed by atoms with E-state index in [-0.39, 0.29) is 11.7 Å². The number of hydrogen-bond acceptors (Lipinski definition) is 3. The predicted octanol–water partition coefficient (Wildman–Crippen LogP) is 5.07. The number of aromatic nitrogens is 2. The van der Waals surface area contributed by atoms with Crippen molar-refractivity contribution >= 4 is 25.3 Å². The van der Waals surface area contributed by atoms with Gasteiger partial charge in [0.25, 0.3) is 0 Å². The lowest BCUT2D eigenvalue weighted by Crippen LogP contribution is -2.24. The van der Waals surface area contributed by atoms with Gasteiger partial charge in [-0.3, -0.25) is 14.0 Å². The summed E-state index contributed by atoms with van der Waals surface area (Å²) in [4.78, 5) is 32.2. The highest BCUT2D eigenvalue weighted by Gasteiger charge is 2.45. The van der Waals surface area contributed by atoms with E-state index in [2.05, 4.69) is 10.4 Å². The van der Waals surface area contributed by atoms with Crippen molar-refractivity contribution in [3.05, 3.63) is 77.9 Å². The van der Waals surface area contributed by atoms with Gasteiger partial charge in [-0.15, -0.1) is 0 Å². The van der Waals surface area contributed by atoms with E-state index in [4.69, 9.17) is 0 Å². The maximum absolute atomic E-state index is 13.2. The number of nitrogens with zero attached hydrogens (tertiary/aromatic N) is 2. The van der Waals surface area contributed by atoms with Crippen LogP contribution in [0.15, 0.2) is 60.8 Å². The predicted molar refractivity (Wildman–Crippen MR) is 127 cm³/mol. The number of halogens is 1. The standard InChI is InChI=1S/C24H27FN3O4P/c1-4-24(5-2,33(30,31)32)18-8-12-20(13-9-18)26-23(29)15-14-22-21(16-28(3)27-22)17-6-10-19(25)11-7-17/h6-16H,4-5H2,1-3H3,(H,26,29)(H2,30,31,32). The molecule has 1 amide bonds. The Hall–Kier alpha value is -3.06. The summed E-state index contributed by atoms with van der Waals surface area (Å²) in [6, 6.07) is 12.6. The van der Waals surface area contributed by atoms with Gasteiger partial charge in [-0.05, 0) is 54.3 Å². The number of carbonyl (C=O) groups excluding carboxylic acids is 1. The molecule has 1 heterocycles. The molecule has 2 aromatic carbocycles. The van der Waals surface area contributed by atoms with Crippen molar-refractivity contribution in [2.24, 2.45) is 7.05 Å². The molecule has 33 heavy (non-hydrogen) atoms. The molecular weight excluding hydrogens is 444 g/mol. The van der Waals surface area contributed by atoms with E-state index in [0.717, 1.165) is 11.1 Å². The first-order valence-corrected chi connectivity index (χ1v) is 12.2. The second kappa shape index (κ2) is 9.83. The number of hydrogen-bond donors (Lipinski definition) is 3. The quantitative estimate of drug-likeness (QED) is 0.314. The fourth-order valence-corrected chi connectivity index (χ4v) is 5.23. The summed E-state index contributed by atoms with van der Waals surface area (Å²) in [5.41, 5.74) is 3.14. The van der Waals surface area contributed by atoms with Crippen molar-refractivity contribution in [3.63, 3.8) is 0 Å². The van der Waals surface area contributed by atoms with Crippen molar-refractivity contribution in [1.82, 2.24) is 9.78 Å². The molecule has 1 aromatic heterocycles. The summed E-state index contributed by atoms with van der Waals surface area (Å²) >= 11 is 0. The van der Waals surface area contributed by atoms with Gasteiger partial charge >= 0.3 is 7.60 Å². The molecule has 0 radical (unpaired) electrons. The van der Waals surface area contributed by atoms with E-state index in [1.165, 1.54) is 18.2 Å². The summed E-state index contributed by atoms with van der Waals surface area (Å²) in [5.74, 6) is -0.716. The van der Waals surface area contributed by atoms with Crippen LogP contribution in [0.1, 0.15) is 37.9 Å². The Morgan fingerprint density at radius 1 is 1.12 bits per heavy atom. The Morgan fingerprint density at radius 2 is 1.73 bits per heavy atom. The third kappa shape index (κ3) is 5.30.